The van der Waals surface area contributed by atoms with E-state index in [1.165, 1.54) is 12.1 Å². The van der Waals surface area contributed by atoms with Crippen molar-refractivity contribution >= 4 is 11.7 Å². The van der Waals surface area contributed by atoms with Crippen LogP contribution >= 0.6 is 0 Å². The maximum Gasteiger partial charge on any atom is 0.389 e. The zero-order valence-corrected chi connectivity index (χ0v) is 10.4. The molecule has 1 aromatic rings. The van der Waals surface area contributed by atoms with Crippen molar-refractivity contribution < 1.29 is 18.0 Å². The fraction of sp³-hybridized carbons (Fsp3) is 0.545. The van der Waals surface area contributed by atoms with Crippen LogP contribution in [0.1, 0.15) is 30.3 Å². The van der Waals surface area contributed by atoms with Crippen LogP contribution in [0.5, 0.6) is 0 Å². The molecule has 5 nitrogen and oxygen atoms in total. The quantitative estimate of drug-likeness (QED) is 0.780. The Labute approximate surface area is 108 Å². The largest absolute Gasteiger partial charge is 0.389 e. The molecule has 1 amide bonds. The first-order valence-corrected chi connectivity index (χ1v) is 5.85. The van der Waals surface area contributed by atoms with Gasteiger partial charge in [-0.15, -0.1) is 10.2 Å². The number of nitrogens with one attached hydrogen (secondary N) is 2. The first kappa shape index (κ1) is 15.2. The van der Waals surface area contributed by atoms with Crippen LogP contribution in [0.15, 0.2) is 12.1 Å². The molecule has 106 valence electrons. The third-order valence-corrected chi connectivity index (χ3v) is 2.18. The molecule has 0 bridgehead atoms. The van der Waals surface area contributed by atoms with E-state index in [2.05, 4.69) is 20.8 Å². The van der Waals surface area contributed by atoms with E-state index in [0.717, 1.165) is 0 Å². The first-order valence-electron chi connectivity index (χ1n) is 5.85. The molecule has 19 heavy (non-hydrogen) atoms. The number of hydrogen-bond acceptors (Lipinski definition) is 4. The number of aromatic nitrogens is 2. The Hall–Kier alpha value is -1.86. The van der Waals surface area contributed by atoms with Crippen molar-refractivity contribution in [3.63, 3.8) is 0 Å². The summed E-state index contributed by atoms with van der Waals surface area (Å²) in [6.45, 7) is 2.41. The second kappa shape index (κ2) is 6.91. The number of nitrogens with zero attached hydrogens (tertiary/aromatic N) is 2. The summed E-state index contributed by atoms with van der Waals surface area (Å²) in [5, 5.41) is 12.7. The van der Waals surface area contributed by atoms with Gasteiger partial charge in [0.1, 0.15) is 5.82 Å². The van der Waals surface area contributed by atoms with Crippen LogP contribution in [-0.2, 0) is 0 Å². The second-order valence-corrected chi connectivity index (χ2v) is 3.81. The van der Waals surface area contributed by atoms with E-state index < -0.39 is 12.6 Å². The number of anilines is 1. The lowest BCUT2D eigenvalue weighted by Gasteiger charge is -2.07. The van der Waals surface area contributed by atoms with Gasteiger partial charge in [0, 0.05) is 19.5 Å². The molecule has 0 aliphatic carbocycles. The molecule has 2 N–H and O–H groups in total. The fourth-order valence-corrected chi connectivity index (χ4v) is 1.30. The van der Waals surface area contributed by atoms with Crippen molar-refractivity contribution in [2.75, 3.05) is 18.4 Å². The average molecular weight is 276 g/mol. The molecule has 0 unspecified atom stereocenters. The van der Waals surface area contributed by atoms with E-state index in [1.54, 1.807) is 6.92 Å². The minimum absolute atomic E-state index is 0.0384. The van der Waals surface area contributed by atoms with Gasteiger partial charge < -0.3 is 10.6 Å². The molecular formula is C11H15F3N4O. The Morgan fingerprint density at radius 3 is 2.58 bits per heavy atom. The van der Waals surface area contributed by atoms with Gasteiger partial charge in [-0.25, -0.2) is 0 Å². The van der Waals surface area contributed by atoms with Crippen LogP contribution in [0.4, 0.5) is 19.0 Å². The summed E-state index contributed by atoms with van der Waals surface area (Å²) in [6, 6.07) is 2.97. The molecule has 0 spiro atoms. The topological polar surface area (TPSA) is 66.9 Å². The molecule has 8 heteroatoms. The lowest BCUT2D eigenvalue weighted by molar-refractivity contribution is -0.134. The highest BCUT2D eigenvalue weighted by molar-refractivity contribution is 5.92. The Morgan fingerprint density at radius 1 is 1.32 bits per heavy atom. The SMILES string of the molecule is CCNC(=O)c1ccc(NCCCC(F)(F)F)nn1. The lowest BCUT2D eigenvalue weighted by atomic mass is 10.3. The molecular weight excluding hydrogens is 261 g/mol. The van der Waals surface area contributed by atoms with Gasteiger partial charge in [-0.2, -0.15) is 13.2 Å². The number of halogens is 3. The number of carbonyl (C=O) groups excluding carboxylic acids is 1. The van der Waals surface area contributed by atoms with Gasteiger partial charge >= 0.3 is 6.18 Å². The van der Waals surface area contributed by atoms with Crippen molar-refractivity contribution in [2.45, 2.75) is 25.9 Å². The maximum absolute atomic E-state index is 11.9. The molecule has 1 aromatic heterocycles. The lowest BCUT2D eigenvalue weighted by Crippen LogP contribution is -2.24. The highest BCUT2D eigenvalue weighted by Gasteiger charge is 2.25. The summed E-state index contributed by atoms with van der Waals surface area (Å²) in [7, 11) is 0. The number of carbonyl (C=O) groups is 1. The minimum Gasteiger partial charge on any atom is -0.369 e. The van der Waals surface area contributed by atoms with Crippen LogP contribution in [0, 0.1) is 0 Å². The highest BCUT2D eigenvalue weighted by Crippen LogP contribution is 2.21. The van der Waals surface area contributed by atoms with Crippen molar-refractivity contribution in [1.29, 1.82) is 0 Å². The molecule has 1 heterocycles. The number of hydrogen-bond donors (Lipinski definition) is 2. The Morgan fingerprint density at radius 2 is 2.05 bits per heavy atom. The normalized spacial score (nSPS) is 11.2. The second-order valence-electron chi connectivity index (χ2n) is 3.81. The van der Waals surface area contributed by atoms with E-state index in [1.807, 2.05) is 0 Å². The van der Waals surface area contributed by atoms with Gasteiger partial charge in [-0.05, 0) is 25.5 Å². The zero-order chi connectivity index (χ0) is 14.3. The van der Waals surface area contributed by atoms with Crippen molar-refractivity contribution in [3.8, 4) is 0 Å². The van der Waals surface area contributed by atoms with Crippen LogP contribution in [0.3, 0.4) is 0 Å². The zero-order valence-electron chi connectivity index (χ0n) is 10.4. The predicted molar refractivity (Wildman–Crippen MR) is 63.8 cm³/mol. The maximum atomic E-state index is 11.9. The van der Waals surface area contributed by atoms with Gasteiger partial charge in [0.15, 0.2) is 5.69 Å². The molecule has 0 aromatic carbocycles. The minimum atomic E-state index is -4.14. The Bertz CT molecular complexity index is 405. The summed E-state index contributed by atoms with van der Waals surface area (Å²) >= 11 is 0. The first-order chi connectivity index (χ1) is 8.92. The van der Waals surface area contributed by atoms with E-state index in [-0.39, 0.29) is 24.6 Å². The van der Waals surface area contributed by atoms with Gasteiger partial charge in [0.2, 0.25) is 0 Å². The summed E-state index contributed by atoms with van der Waals surface area (Å²) in [4.78, 5) is 11.4. The van der Waals surface area contributed by atoms with Crippen molar-refractivity contribution in [2.24, 2.45) is 0 Å². The van der Waals surface area contributed by atoms with Gasteiger partial charge in [0.25, 0.3) is 5.91 Å². The van der Waals surface area contributed by atoms with E-state index in [4.69, 9.17) is 0 Å². The van der Waals surface area contributed by atoms with Crippen LogP contribution < -0.4 is 10.6 Å². The fourth-order valence-electron chi connectivity index (χ4n) is 1.30. The third kappa shape index (κ3) is 6.03. The van der Waals surface area contributed by atoms with Crippen LogP contribution in [0.25, 0.3) is 0 Å². The Kier molecular flexibility index (Phi) is 5.53. The van der Waals surface area contributed by atoms with E-state index >= 15 is 0 Å². The van der Waals surface area contributed by atoms with E-state index in [9.17, 15) is 18.0 Å². The van der Waals surface area contributed by atoms with E-state index in [0.29, 0.717) is 12.4 Å². The smallest absolute Gasteiger partial charge is 0.369 e. The molecule has 1 rings (SSSR count). The van der Waals surface area contributed by atoms with Gasteiger partial charge in [0.05, 0.1) is 0 Å². The summed E-state index contributed by atoms with van der Waals surface area (Å²) in [5.74, 6) is 0.00819. The summed E-state index contributed by atoms with van der Waals surface area (Å²) in [6.07, 6.45) is -5.02. The summed E-state index contributed by atoms with van der Waals surface area (Å²) in [5.41, 5.74) is 0.169. The molecule has 0 saturated heterocycles. The number of rotatable bonds is 6. The molecule has 0 fully saturated rings. The standard InChI is InChI=1S/C11H15F3N4O/c1-2-15-10(19)8-4-5-9(18-17-8)16-7-3-6-11(12,13)14/h4-5H,2-3,6-7H2,1H3,(H,15,19)(H,16,18). The van der Waals surface area contributed by atoms with Crippen LogP contribution in [-0.4, -0.2) is 35.4 Å². The average Bonchev–Trinajstić information content (AvgIpc) is 2.34. The van der Waals surface area contributed by atoms with Crippen LogP contribution in [0.2, 0.25) is 0 Å². The molecule has 0 atom stereocenters. The third-order valence-electron chi connectivity index (χ3n) is 2.18. The van der Waals surface area contributed by atoms with Crippen molar-refractivity contribution in [1.82, 2.24) is 15.5 Å². The molecule has 0 saturated carbocycles. The predicted octanol–water partition coefficient (Wildman–Crippen LogP) is 1.98. The van der Waals surface area contributed by atoms with Gasteiger partial charge in [-0.3, -0.25) is 4.79 Å². The van der Waals surface area contributed by atoms with Crippen molar-refractivity contribution in [3.05, 3.63) is 17.8 Å². The van der Waals surface area contributed by atoms with Gasteiger partial charge in [-0.1, -0.05) is 0 Å². The number of alkyl halides is 3. The Balaban J connectivity index is 2.38. The summed E-state index contributed by atoms with van der Waals surface area (Å²) < 4.78 is 35.7. The monoisotopic (exact) mass is 276 g/mol. The molecule has 0 radical (unpaired) electrons. The highest BCUT2D eigenvalue weighted by atomic mass is 19.4. The molecule has 0 aliphatic heterocycles. The number of amides is 1. The molecule has 0 aliphatic rings.